The number of methoxy groups -OCH3 is 1. The van der Waals surface area contributed by atoms with Crippen LogP contribution in [0.2, 0.25) is 0 Å². The summed E-state index contributed by atoms with van der Waals surface area (Å²) < 4.78 is 5.23. The predicted molar refractivity (Wildman–Crippen MR) is 77.7 cm³/mol. The van der Waals surface area contributed by atoms with Crippen LogP contribution in [0.3, 0.4) is 0 Å². The van der Waals surface area contributed by atoms with Crippen LogP contribution in [0, 0.1) is 0 Å². The van der Waals surface area contributed by atoms with Gasteiger partial charge in [0, 0.05) is 6.42 Å². The van der Waals surface area contributed by atoms with E-state index in [1.807, 2.05) is 25.1 Å². The van der Waals surface area contributed by atoms with Crippen molar-refractivity contribution in [2.75, 3.05) is 13.7 Å². The maximum absolute atomic E-state index is 11.6. The van der Waals surface area contributed by atoms with Gasteiger partial charge < -0.3 is 15.2 Å². The molecule has 1 aromatic carbocycles. The van der Waals surface area contributed by atoms with Gasteiger partial charge in [0.1, 0.15) is 11.4 Å². The van der Waals surface area contributed by atoms with Gasteiger partial charge in [-0.3, -0.25) is 4.79 Å². The molecular weight excluding hydrogens is 254 g/mol. The molecule has 1 aromatic rings. The third-order valence-electron chi connectivity index (χ3n) is 3.91. The van der Waals surface area contributed by atoms with Gasteiger partial charge in [-0.1, -0.05) is 13.0 Å². The third kappa shape index (κ3) is 3.12. The van der Waals surface area contributed by atoms with Crippen LogP contribution in [0.5, 0.6) is 5.75 Å². The van der Waals surface area contributed by atoms with E-state index < -0.39 is 5.60 Å². The Balaban J connectivity index is 2.15. The Morgan fingerprint density at radius 2 is 2.30 bits per heavy atom. The fraction of sp³-hybridized carbons (Fsp3) is 0.562. The Morgan fingerprint density at radius 3 is 3.00 bits per heavy atom. The first-order valence-electron chi connectivity index (χ1n) is 7.25. The highest BCUT2D eigenvalue weighted by Crippen LogP contribution is 2.36. The number of ether oxygens (including phenoxy) is 1. The van der Waals surface area contributed by atoms with Gasteiger partial charge in [0.25, 0.3) is 0 Å². The molecule has 4 heteroatoms. The average Bonchev–Trinajstić information content (AvgIpc) is 2.45. The summed E-state index contributed by atoms with van der Waals surface area (Å²) in [6, 6.07) is 5.76. The molecule has 0 aromatic heterocycles. The number of benzene rings is 1. The Kier molecular flexibility index (Phi) is 4.65. The minimum atomic E-state index is -0.955. The zero-order chi connectivity index (χ0) is 14.6. The van der Waals surface area contributed by atoms with Crippen molar-refractivity contribution >= 4 is 5.91 Å². The van der Waals surface area contributed by atoms with Crippen LogP contribution < -0.4 is 10.1 Å². The van der Waals surface area contributed by atoms with Crippen LogP contribution in [0.1, 0.15) is 43.7 Å². The van der Waals surface area contributed by atoms with Crippen molar-refractivity contribution in [2.24, 2.45) is 0 Å². The molecule has 1 aliphatic rings. The van der Waals surface area contributed by atoms with Crippen LogP contribution in [-0.2, 0) is 16.8 Å². The summed E-state index contributed by atoms with van der Waals surface area (Å²) in [5.74, 6) is 0.810. The fourth-order valence-electron chi connectivity index (χ4n) is 2.81. The molecule has 110 valence electrons. The van der Waals surface area contributed by atoms with Gasteiger partial charge in [-0.05, 0) is 48.9 Å². The van der Waals surface area contributed by atoms with Crippen LogP contribution in [0.25, 0.3) is 0 Å². The molecule has 0 saturated heterocycles. The van der Waals surface area contributed by atoms with Gasteiger partial charge in [-0.2, -0.15) is 0 Å². The van der Waals surface area contributed by atoms with Gasteiger partial charge in [0.2, 0.25) is 5.91 Å². The monoisotopic (exact) mass is 277 g/mol. The zero-order valence-corrected chi connectivity index (χ0v) is 12.2. The van der Waals surface area contributed by atoms with E-state index in [1.54, 1.807) is 7.11 Å². The Labute approximate surface area is 120 Å². The number of rotatable bonds is 5. The second-order valence-corrected chi connectivity index (χ2v) is 5.43. The fourth-order valence-corrected chi connectivity index (χ4v) is 2.81. The van der Waals surface area contributed by atoms with E-state index in [0.717, 1.165) is 36.1 Å². The molecule has 1 unspecified atom stereocenters. The Bertz CT molecular complexity index is 487. The molecule has 0 radical (unpaired) electrons. The predicted octanol–water partition coefficient (Wildman–Crippen LogP) is 2.14. The number of fused-ring (bicyclic) bond motifs is 1. The molecular formula is C16H23NO3. The van der Waals surface area contributed by atoms with Crippen molar-refractivity contribution < 1.29 is 14.6 Å². The smallest absolute Gasteiger partial charge is 0.220 e. The number of aliphatic hydroxyl groups is 1. The minimum Gasteiger partial charge on any atom is -0.497 e. The first-order chi connectivity index (χ1) is 9.59. The highest BCUT2D eigenvalue weighted by molar-refractivity contribution is 5.75. The van der Waals surface area contributed by atoms with Gasteiger partial charge in [-0.25, -0.2) is 0 Å². The number of carbonyl (C=O) groups excluding carboxylic acids is 1. The van der Waals surface area contributed by atoms with Crippen molar-refractivity contribution in [3.63, 3.8) is 0 Å². The molecule has 0 spiro atoms. The molecule has 0 saturated carbocycles. The van der Waals surface area contributed by atoms with Crippen molar-refractivity contribution in [2.45, 2.75) is 44.6 Å². The first kappa shape index (κ1) is 14.9. The number of carbonyl (C=O) groups is 1. The van der Waals surface area contributed by atoms with E-state index in [2.05, 4.69) is 5.32 Å². The summed E-state index contributed by atoms with van der Waals surface area (Å²) in [5, 5.41) is 13.7. The van der Waals surface area contributed by atoms with Gasteiger partial charge in [-0.15, -0.1) is 0 Å². The van der Waals surface area contributed by atoms with Gasteiger partial charge in [0.15, 0.2) is 0 Å². The quantitative estimate of drug-likeness (QED) is 0.867. The molecule has 0 fully saturated rings. The van der Waals surface area contributed by atoms with E-state index in [1.165, 1.54) is 0 Å². The molecule has 2 rings (SSSR count). The van der Waals surface area contributed by atoms with Gasteiger partial charge >= 0.3 is 0 Å². The van der Waals surface area contributed by atoms with E-state index in [4.69, 9.17) is 4.74 Å². The van der Waals surface area contributed by atoms with Crippen LogP contribution in [0.4, 0.5) is 0 Å². The van der Waals surface area contributed by atoms with Crippen molar-refractivity contribution in [1.82, 2.24) is 5.32 Å². The molecule has 0 bridgehead atoms. The zero-order valence-electron chi connectivity index (χ0n) is 12.2. The second-order valence-electron chi connectivity index (χ2n) is 5.43. The topological polar surface area (TPSA) is 58.6 Å². The summed E-state index contributed by atoms with van der Waals surface area (Å²) in [5.41, 5.74) is 1.08. The number of hydrogen-bond acceptors (Lipinski definition) is 3. The molecule has 0 aliphatic heterocycles. The number of amides is 1. The first-order valence-corrected chi connectivity index (χ1v) is 7.25. The molecule has 20 heavy (non-hydrogen) atoms. The summed E-state index contributed by atoms with van der Waals surface area (Å²) in [6.45, 7) is 2.25. The van der Waals surface area contributed by atoms with Crippen molar-refractivity contribution in [3.05, 3.63) is 29.3 Å². The summed E-state index contributed by atoms with van der Waals surface area (Å²) in [6.07, 6.45) is 3.86. The normalized spacial score (nSPS) is 21.1. The van der Waals surface area contributed by atoms with Crippen LogP contribution in [0.15, 0.2) is 18.2 Å². The van der Waals surface area contributed by atoms with E-state index >= 15 is 0 Å². The maximum Gasteiger partial charge on any atom is 0.220 e. The van der Waals surface area contributed by atoms with E-state index in [-0.39, 0.29) is 12.5 Å². The molecule has 2 N–H and O–H groups in total. The largest absolute Gasteiger partial charge is 0.497 e. The lowest BCUT2D eigenvalue weighted by Crippen LogP contribution is -2.42. The summed E-state index contributed by atoms with van der Waals surface area (Å²) in [7, 11) is 1.64. The molecule has 1 amide bonds. The molecule has 1 atom stereocenters. The van der Waals surface area contributed by atoms with E-state index in [9.17, 15) is 9.90 Å². The van der Waals surface area contributed by atoms with Crippen LogP contribution >= 0.6 is 0 Å². The lowest BCUT2D eigenvalue weighted by Gasteiger charge is -2.35. The molecule has 0 heterocycles. The number of aryl methyl sites for hydroxylation is 1. The minimum absolute atomic E-state index is 0.00144. The van der Waals surface area contributed by atoms with Crippen molar-refractivity contribution in [3.8, 4) is 5.75 Å². The molecule has 4 nitrogen and oxygen atoms in total. The van der Waals surface area contributed by atoms with Crippen LogP contribution in [-0.4, -0.2) is 24.7 Å². The third-order valence-corrected chi connectivity index (χ3v) is 3.91. The standard InChI is InChI=1S/C16H23NO3/c1-3-5-15(18)17-11-16(19)9-4-6-12-10-13(20-2)7-8-14(12)16/h7-8,10,19H,3-6,9,11H2,1-2H3,(H,17,18). The Morgan fingerprint density at radius 1 is 1.50 bits per heavy atom. The second kappa shape index (κ2) is 6.27. The summed E-state index contributed by atoms with van der Waals surface area (Å²) >= 11 is 0. The molecule has 1 aliphatic carbocycles. The Hall–Kier alpha value is -1.55. The maximum atomic E-state index is 11.6. The number of nitrogens with one attached hydrogen (secondary N) is 1. The summed E-state index contributed by atoms with van der Waals surface area (Å²) in [4.78, 5) is 11.6. The lowest BCUT2D eigenvalue weighted by atomic mass is 9.79. The SMILES string of the molecule is CCCC(=O)NCC1(O)CCCc2cc(OC)ccc21. The number of hydrogen-bond donors (Lipinski definition) is 2. The average molecular weight is 277 g/mol. The highest BCUT2D eigenvalue weighted by atomic mass is 16.5. The van der Waals surface area contributed by atoms with Gasteiger partial charge in [0.05, 0.1) is 13.7 Å². The highest BCUT2D eigenvalue weighted by Gasteiger charge is 2.34. The lowest BCUT2D eigenvalue weighted by molar-refractivity contribution is -0.122. The van der Waals surface area contributed by atoms with Crippen molar-refractivity contribution in [1.29, 1.82) is 0 Å². The van der Waals surface area contributed by atoms with E-state index in [0.29, 0.717) is 12.8 Å².